The van der Waals surface area contributed by atoms with E-state index in [-0.39, 0.29) is 6.04 Å². The van der Waals surface area contributed by atoms with E-state index in [0.717, 1.165) is 18.5 Å². The fourth-order valence-electron chi connectivity index (χ4n) is 1.57. The maximum Gasteiger partial charge on any atom is 0.128 e. The second kappa shape index (κ2) is 6.37. The van der Waals surface area contributed by atoms with Crippen LogP contribution in [0.5, 0.6) is 0 Å². The number of nitrogens with one attached hydrogen (secondary N) is 1. The summed E-state index contributed by atoms with van der Waals surface area (Å²) < 4.78 is 5.08. The summed E-state index contributed by atoms with van der Waals surface area (Å²) in [4.78, 5) is 4.09. The number of hydrogen-bond donors (Lipinski definition) is 2. The minimum Gasteiger partial charge on any atom is -0.385 e. The van der Waals surface area contributed by atoms with Crippen LogP contribution in [0.2, 0.25) is 0 Å². The van der Waals surface area contributed by atoms with Crippen LogP contribution in [0.1, 0.15) is 24.9 Å². The van der Waals surface area contributed by atoms with Gasteiger partial charge in [0.25, 0.3) is 0 Å². The van der Waals surface area contributed by atoms with Crippen molar-refractivity contribution in [3.05, 3.63) is 23.9 Å². The van der Waals surface area contributed by atoms with E-state index in [4.69, 9.17) is 10.5 Å². The zero-order chi connectivity index (χ0) is 11.1. The number of aromatic nitrogens is 1. The first-order chi connectivity index (χ1) is 7.29. The third kappa shape index (κ3) is 3.49. The zero-order valence-corrected chi connectivity index (χ0v) is 9.36. The van der Waals surface area contributed by atoms with Crippen molar-refractivity contribution >= 4 is 5.82 Å². The molecular weight excluding hydrogens is 190 g/mol. The highest BCUT2D eigenvalue weighted by atomic mass is 16.5. The molecule has 15 heavy (non-hydrogen) atoms. The molecule has 84 valence electrons. The highest BCUT2D eigenvalue weighted by Gasteiger charge is 2.12. The molecule has 1 unspecified atom stereocenters. The number of ether oxygens (including phenoxy) is 1. The summed E-state index contributed by atoms with van der Waals surface area (Å²) in [6, 6.07) is 4.14. The van der Waals surface area contributed by atoms with Crippen LogP contribution < -0.4 is 11.1 Å². The fourth-order valence-corrected chi connectivity index (χ4v) is 1.57. The summed E-state index contributed by atoms with van der Waals surface area (Å²) >= 11 is 0. The summed E-state index contributed by atoms with van der Waals surface area (Å²) in [6.45, 7) is 3.70. The predicted octanol–water partition coefficient (Wildman–Crippen LogP) is 1.35. The number of nitrogens with zero attached hydrogens (tertiary/aromatic N) is 1. The quantitative estimate of drug-likeness (QED) is 0.742. The number of hydrogen-bond acceptors (Lipinski definition) is 4. The molecule has 1 aromatic heterocycles. The zero-order valence-electron chi connectivity index (χ0n) is 9.36. The average Bonchev–Trinajstić information content (AvgIpc) is 2.25. The molecule has 0 radical (unpaired) electrons. The lowest BCUT2D eigenvalue weighted by Gasteiger charge is -2.18. The lowest BCUT2D eigenvalue weighted by Crippen LogP contribution is -2.23. The van der Waals surface area contributed by atoms with Crippen LogP contribution in [-0.2, 0) is 4.74 Å². The molecule has 1 rings (SSSR count). The summed E-state index contributed by atoms with van der Waals surface area (Å²) in [7, 11) is 1.70. The number of pyridine rings is 1. The molecule has 0 fully saturated rings. The third-order valence-electron chi connectivity index (χ3n) is 2.31. The molecule has 0 aliphatic carbocycles. The Balaban J connectivity index is 2.74. The number of nitrogen functional groups attached to an aromatic ring is 1. The lowest BCUT2D eigenvalue weighted by molar-refractivity contribution is 0.183. The normalized spacial score (nSPS) is 12.7. The van der Waals surface area contributed by atoms with Gasteiger partial charge in [-0.1, -0.05) is 13.0 Å². The highest BCUT2D eigenvalue weighted by molar-refractivity contribution is 5.40. The van der Waals surface area contributed by atoms with E-state index < -0.39 is 0 Å². The topological polar surface area (TPSA) is 60.2 Å². The molecule has 1 atom stereocenters. The summed E-state index contributed by atoms with van der Waals surface area (Å²) in [5, 5.41) is 3.37. The van der Waals surface area contributed by atoms with Gasteiger partial charge in [-0.05, 0) is 19.0 Å². The first-order valence-electron chi connectivity index (χ1n) is 5.22. The molecule has 0 aliphatic heterocycles. The predicted molar refractivity (Wildman–Crippen MR) is 61.6 cm³/mol. The molecule has 0 spiro atoms. The van der Waals surface area contributed by atoms with Gasteiger partial charge in [0, 0.05) is 31.5 Å². The molecule has 0 saturated carbocycles. The second-order valence-electron chi connectivity index (χ2n) is 3.37. The second-order valence-corrected chi connectivity index (χ2v) is 3.37. The van der Waals surface area contributed by atoms with Gasteiger partial charge in [-0.25, -0.2) is 4.98 Å². The molecule has 0 amide bonds. The van der Waals surface area contributed by atoms with E-state index in [1.807, 2.05) is 12.1 Å². The SMILES string of the molecule is CCNC(CCOC)c1cccnc1N. The maximum absolute atomic E-state index is 5.83. The summed E-state index contributed by atoms with van der Waals surface area (Å²) in [5.74, 6) is 0.597. The summed E-state index contributed by atoms with van der Waals surface area (Å²) in [6.07, 6.45) is 2.61. The Morgan fingerprint density at radius 1 is 1.60 bits per heavy atom. The molecule has 4 heteroatoms. The minimum atomic E-state index is 0.226. The van der Waals surface area contributed by atoms with Crippen LogP contribution in [0, 0.1) is 0 Å². The van der Waals surface area contributed by atoms with E-state index in [1.165, 1.54) is 0 Å². The van der Waals surface area contributed by atoms with Crippen LogP contribution in [-0.4, -0.2) is 25.2 Å². The number of anilines is 1. The number of methoxy groups -OCH3 is 1. The van der Waals surface area contributed by atoms with E-state index in [0.29, 0.717) is 12.4 Å². The van der Waals surface area contributed by atoms with Crippen molar-refractivity contribution in [2.75, 3.05) is 26.0 Å². The average molecular weight is 209 g/mol. The molecule has 1 heterocycles. The standard InChI is InChI=1S/C11H19N3O/c1-3-13-10(6-8-15-2)9-5-4-7-14-11(9)12/h4-5,7,10,13H,3,6,8H2,1-2H3,(H2,12,14). The van der Waals surface area contributed by atoms with Gasteiger partial charge in [-0.15, -0.1) is 0 Å². The van der Waals surface area contributed by atoms with Gasteiger partial charge < -0.3 is 15.8 Å². The smallest absolute Gasteiger partial charge is 0.128 e. The first-order valence-corrected chi connectivity index (χ1v) is 5.22. The van der Waals surface area contributed by atoms with E-state index >= 15 is 0 Å². The van der Waals surface area contributed by atoms with Gasteiger partial charge in [-0.3, -0.25) is 0 Å². The molecular formula is C11H19N3O. The van der Waals surface area contributed by atoms with Crippen LogP contribution in [0.3, 0.4) is 0 Å². The van der Waals surface area contributed by atoms with Crippen molar-refractivity contribution in [2.45, 2.75) is 19.4 Å². The largest absolute Gasteiger partial charge is 0.385 e. The van der Waals surface area contributed by atoms with Gasteiger partial charge in [0.1, 0.15) is 5.82 Å². The van der Waals surface area contributed by atoms with Crippen molar-refractivity contribution in [1.82, 2.24) is 10.3 Å². The maximum atomic E-state index is 5.83. The van der Waals surface area contributed by atoms with Gasteiger partial charge in [-0.2, -0.15) is 0 Å². The van der Waals surface area contributed by atoms with Crippen molar-refractivity contribution in [3.8, 4) is 0 Å². The first kappa shape index (κ1) is 11.9. The Hall–Kier alpha value is -1.13. The Morgan fingerprint density at radius 3 is 3.00 bits per heavy atom. The number of nitrogens with two attached hydrogens (primary N) is 1. The van der Waals surface area contributed by atoms with Gasteiger partial charge in [0.15, 0.2) is 0 Å². The molecule has 0 aliphatic rings. The number of rotatable bonds is 6. The van der Waals surface area contributed by atoms with Crippen LogP contribution in [0.15, 0.2) is 18.3 Å². The molecule has 0 aromatic carbocycles. The monoisotopic (exact) mass is 209 g/mol. The van der Waals surface area contributed by atoms with Gasteiger partial charge in [0.05, 0.1) is 0 Å². The Labute approximate surface area is 90.8 Å². The van der Waals surface area contributed by atoms with Crippen molar-refractivity contribution < 1.29 is 4.74 Å². The molecule has 3 N–H and O–H groups in total. The van der Waals surface area contributed by atoms with Crippen LogP contribution >= 0.6 is 0 Å². The Kier molecular flexibility index (Phi) is 5.07. The molecule has 4 nitrogen and oxygen atoms in total. The Morgan fingerprint density at radius 2 is 2.40 bits per heavy atom. The van der Waals surface area contributed by atoms with E-state index in [9.17, 15) is 0 Å². The molecule has 0 saturated heterocycles. The lowest BCUT2D eigenvalue weighted by atomic mass is 10.1. The summed E-state index contributed by atoms with van der Waals surface area (Å²) in [5.41, 5.74) is 6.88. The van der Waals surface area contributed by atoms with Crippen LogP contribution in [0.25, 0.3) is 0 Å². The van der Waals surface area contributed by atoms with Crippen molar-refractivity contribution in [3.63, 3.8) is 0 Å². The van der Waals surface area contributed by atoms with Crippen LogP contribution in [0.4, 0.5) is 5.82 Å². The van der Waals surface area contributed by atoms with Gasteiger partial charge in [0.2, 0.25) is 0 Å². The minimum absolute atomic E-state index is 0.226. The van der Waals surface area contributed by atoms with Crippen molar-refractivity contribution in [2.24, 2.45) is 0 Å². The van der Waals surface area contributed by atoms with E-state index in [2.05, 4.69) is 17.2 Å². The van der Waals surface area contributed by atoms with E-state index in [1.54, 1.807) is 13.3 Å². The Bertz CT molecular complexity index is 291. The highest BCUT2D eigenvalue weighted by Crippen LogP contribution is 2.20. The van der Waals surface area contributed by atoms with Gasteiger partial charge >= 0.3 is 0 Å². The van der Waals surface area contributed by atoms with Crippen molar-refractivity contribution in [1.29, 1.82) is 0 Å². The molecule has 1 aromatic rings. The third-order valence-corrected chi connectivity index (χ3v) is 2.31. The molecule has 0 bridgehead atoms. The fraction of sp³-hybridized carbons (Fsp3) is 0.545.